The molecule has 1 aliphatic heterocycles. The van der Waals surface area contributed by atoms with Gasteiger partial charge < -0.3 is 24.6 Å². The molecule has 0 aromatic heterocycles. The first-order valence-electron chi connectivity index (χ1n) is 9.47. The molecule has 2 rings (SSSR count). The number of aliphatic hydroxyl groups excluding tert-OH is 1. The Morgan fingerprint density at radius 1 is 1.22 bits per heavy atom. The van der Waals surface area contributed by atoms with Crippen LogP contribution in [0.3, 0.4) is 0 Å². The number of methoxy groups -OCH3 is 2. The van der Waals surface area contributed by atoms with E-state index in [4.69, 9.17) is 14.2 Å². The zero-order chi connectivity index (χ0) is 19.7. The van der Waals surface area contributed by atoms with Crippen molar-refractivity contribution < 1.29 is 19.3 Å². The van der Waals surface area contributed by atoms with Crippen LogP contribution >= 0.6 is 11.8 Å². The highest BCUT2D eigenvalue weighted by molar-refractivity contribution is 7.99. The monoisotopic (exact) mass is 398 g/mol. The van der Waals surface area contributed by atoms with Crippen LogP contribution in [0, 0.1) is 0 Å². The van der Waals surface area contributed by atoms with Crippen molar-refractivity contribution in [2.75, 3.05) is 58.5 Å². The molecule has 0 aliphatic carbocycles. The molecule has 1 aromatic carbocycles. The van der Waals surface area contributed by atoms with Crippen LogP contribution in [-0.4, -0.2) is 80.2 Å². The van der Waals surface area contributed by atoms with Crippen molar-refractivity contribution in [1.82, 2.24) is 10.2 Å². The van der Waals surface area contributed by atoms with Gasteiger partial charge in [0, 0.05) is 51.3 Å². The first-order chi connectivity index (χ1) is 12.9. The zero-order valence-electron chi connectivity index (χ0n) is 17.0. The topological polar surface area (TPSA) is 63.2 Å². The summed E-state index contributed by atoms with van der Waals surface area (Å²) in [6.45, 7) is 8.56. The lowest BCUT2D eigenvalue weighted by Gasteiger charge is -2.28. The molecule has 0 amide bonds. The number of ether oxygens (including phenoxy) is 3. The Kier molecular flexibility index (Phi) is 9.18. The fraction of sp³-hybridized carbons (Fsp3) is 0.700. The van der Waals surface area contributed by atoms with Crippen LogP contribution < -0.4 is 14.8 Å². The van der Waals surface area contributed by atoms with Crippen molar-refractivity contribution in [2.24, 2.45) is 0 Å². The number of aliphatic hydroxyl groups is 1. The van der Waals surface area contributed by atoms with Crippen LogP contribution in [0.15, 0.2) is 18.2 Å². The van der Waals surface area contributed by atoms with Crippen LogP contribution in [-0.2, 0) is 11.3 Å². The summed E-state index contributed by atoms with van der Waals surface area (Å²) >= 11 is 1.97. The fourth-order valence-corrected chi connectivity index (χ4v) is 3.82. The van der Waals surface area contributed by atoms with Gasteiger partial charge in [-0.3, -0.25) is 4.90 Å². The second kappa shape index (κ2) is 11.1. The lowest BCUT2D eigenvalue weighted by atomic mass is 10.1. The molecule has 27 heavy (non-hydrogen) atoms. The Bertz CT molecular complexity index is 565. The highest BCUT2D eigenvalue weighted by Crippen LogP contribution is 2.28. The second-order valence-corrected chi connectivity index (χ2v) is 8.66. The first-order valence-corrected chi connectivity index (χ1v) is 10.6. The minimum absolute atomic E-state index is 0.198. The first kappa shape index (κ1) is 22.3. The summed E-state index contributed by atoms with van der Waals surface area (Å²) in [5.41, 5.74) is 0.911. The minimum Gasteiger partial charge on any atom is -0.493 e. The molecule has 0 saturated carbocycles. The average Bonchev–Trinajstić information content (AvgIpc) is 2.67. The Morgan fingerprint density at radius 3 is 2.63 bits per heavy atom. The smallest absolute Gasteiger partial charge is 0.161 e. The summed E-state index contributed by atoms with van der Waals surface area (Å²) in [6.07, 6.45) is -0.504. The highest BCUT2D eigenvalue weighted by Gasteiger charge is 2.17. The molecular weight excluding hydrogens is 364 g/mol. The van der Waals surface area contributed by atoms with Crippen LogP contribution in [0.25, 0.3) is 0 Å². The van der Waals surface area contributed by atoms with Crippen LogP contribution in [0.5, 0.6) is 11.5 Å². The molecule has 1 fully saturated rings. The van der Waals surface area contributed by atoms with Gasteiger partial charge in [-0.15, -0.1) is 0 Å². The van der Waals surface area contributed by atoms with Gasteiger partial charge in [-0.2, -0.15) is 11.8 Å². The molecule has 1 atom stereocenters. The van der Waals surface area contributed by atoms with Gasteiger partial charge in [0.2, 0.25) is 0 Å². The molecular formula is C20H34N2O4S. The Balaban J connectivity index is 1.82. The summed E-state index contributed by atoms with van der Waals surface area (Å²) in [6, 6.07) is 5.89. The van der Waals surface area contributed by atoms with Crippen molar-refractivity contribution in [3.63, 3.8) is 0 Å². The molecule has 6 nitrogen and oxygen atoms in total. The van der Waals surface area contributed by atoms with Gasteiger partial charge in [-0.25, -0.2) is 0 Å². The number of hydrogen-bond donors (Lipinski definition) is 2. The van der Waals surface area contributed by atoms with E-state index >= 15 is 0 Å². The Hall–Kier alpha value is -0.990. The van der Waals surface area contributed by atoms with Crippen molar-refractivity contribution in [2.45, 2.75) is 32.1 Å². The van der Waals surface area contributed by atoms with Crippen molar-refractivity contribution >= 4 is 11.8 Å². The van der Waals surface area contributed by atoms with E-state index < -0.39 is 6.10 Å². The predicted octanol–water partition coefficient (Wildman–Crippen LogP) is 2.00. The lowest BCUT2D eigenvalue weighted by molar-refractivity contribution is 0.0230. The molecule has 0 spiro atoms. The molecule has 7 heteroatoms. The average molecular weight is 399 g/mol. The van der Waals surface area contributed by atoms with E-state index in [9.17, 15) is 5.11 Å². The van der Waals surface area contributed by atoms with E-state index in [0.717, 1.165) is 43.2 Å². The quantitative estimate of drug-likeness (QED) is 0.591. The Morgan fingerprint density at radius 2 is 1.96 bits per heavy atom. The third kappa shape index (κ3) is 7.87. The van der Waals surface area contributed by atoms with Gasteiger partial charge in [0.25, 0.3) is 0 Å². The van der Waals surface area contributed by atoms with Gasteiger partial charge in [-0.1, -0.05) is 6.07 Å². The number of nitrogens with zero attached hydrogens (tertiary/aromatic N) is 1. The molecule has 2 N–H and O–H groups in total. The number of benzene rings is 1. The van der Waals surface area contributed by atoms with Crippen molar-refractivity contribution in [1.29, 1.82) is 0 Å². The summed E-state index contributed by atoms with van der Waals surface area (Å²) in [4.78, 5) is 2.29. The molecule has 0 unspecified atom stereocenters. The number of rotatable bonds is 11. The molecule has 154 valence electrons. The largest absolute Gasteiger partial charge is 0.493 e. The summed E-state index contributed by atoms with van der Waals surface area (Å²) < 4.78 is 16.7. The van der Waals surface area contributed by atoms with Crippen LogP contribution in [0.1, 0.15) is 19.4 Å². The standard InChI is InChI=1S/C20H34N2O4S/c1-20(2,25-4)15-21-12-16-5-6-18(19(11-16)24-3)26-14-17(23)13-22-7-9-27-10-8-22/h5-6,11,17,21,23H,7-10,12-15H2,1-4H3/t17-/m0/s1. The number of hydrogen-bond acceptors (Lipinski definition) is 7. The van der Waals surface area contributed by atoms with Crippen LogP contribution in [0.4, 0.5) is 0 Å². The summed E-state index contributed by atoms with van der Waals surface area (Å²) in [5.74, 6) is 3.62. The molecule has 1 heterocycles. The number of thioether (sulfide) groups is 1. The van der Waals surface area contributed by atoms with Gasteiger partial charge >= 0.3 is 0 Å². The van der Waals surface area contributed by atoms with Crippen LogP contribution in [0.2, 0.25) is 0 Å². The highest BCUT2D eigenvalue weighted by atomic mass is 32.2. The van der Waals surface area contributed by atoms with E-state index in [1.807, 2.05) is 43.8 Å². The van der Waals surface area contributed by atoms with Gasteiger partial charge in [0.15, 0.2) is 11.5 Å². The molecule has 0 bridgehead atoms. The van der Waals surface area contributed by atoms with E-state index in [0.29, 0.717) is 18.0 Å². The fourth-order valence-electron chi connectivity index (χ4n) is 2.84. The second-order valence-electron chi connectivity index (χ2n) is 7.43. The molecule has 1 saturated heterocycles. The molecule has 1 aromatic rings. The maximum Gasteiger partial charge on any atom is 0.161 e. The van der Waals surface area contributed by atoms with Gasteiger partial charge in [-0.05, 0) is 31.5 Å². The van der Waals surface area contributed by atoms with Gasteiger partial charge in [0.05, 0.1) is 12.7 Å². The minimum atomic E-state index is -0.504. The lowest BCUT2D eigenvalue weighted by Crippen LogP contribution is -2.40. The predicted molar refractivity (Wildman–Crippen MR) is 111 cm³/mol. The third-order valence-corrected chi connectivity index (χ3v) is 5.61. The molecule has 1 aliphatic rings. The molecule has 0 radical (unpaired) electrons. The van der Waals surface area contributed by atoms with E-state index in [2.05, 4.69) is 10.2 Å². The third-order valence-electron chi connectivity index (χ3n) is 4.66. The summed E-state index contributed by atoms with van der Waals surface area (Å²) in [7, 11) is 3.35. The van der Waals surface area contributed by atoms with E-state index in [1.54, 1.807) is 14.2 Å². The van der Waals surface area contributed by atoms with Crippen molar-refractivity contribution in [3.05, 3.63) is 23.8 Å². The van der Waals surface area contributed by atoms with Crippen molar-refractivity contribution in [3.8, 4) is 11.5 Å². The zero-order valence-corrected chi connectivity index (χ0v) is 17.8. The maximum absolute atomic E-state index is 10.3. The summed E-state index contributed by atoms with van der Waals surface area (Å²) in [5, 5.41) is 13.7. The normalized spacial score (nSPS) is 16.9. The maximum atomic E-state index is 10.3. The Labute approximate surface area is 167 Å². The number of nitrogens with one attached hydrogen (secondary N) is 1. The van der Waals surface area contributed by atoms with Gasteiger partial charge in [0.1, 0.15) is 12.7 Å². The number of β-amino-alcohol motifs (C(OH)–C–C–N with tert-alkyl or cyclic N) is 1. The van der Waals surface area contributed by atoms with E-state index in [1.165, 1.54) is 0 Å². The SMILES string of the molecule is COc1cc(CNCC(C)(C)OC)ccc1OC[C@@H](O)CN1CCSCC1. The van der Waals surface area contributed by atoms with E-state index in [-0.39, 0.29) is 12.2 Å².